The van der Waals surface area contributed by atoms with Crippen molar-refractivity contribution in [3.05, 3.63) is 11.1 Å². The highest BCUT2D eigenvalue weighted by Crippen LogP contribution is 2.54. The summed E-state index contributed by atoms with van der Waals surface area (Å²) >= 11 is 0. The second-order valence-electron chi connectivity index (χ2n) is 4.84. The third-order valence-corrected chi connectivity index (χ3v) is 3.91. The fourth-order valence-corrected chi connectivity index (χ4v) is 2.86. The Balaban J connectivity index is 4.23. The number of hydrogen-bond acceptors (Lipinski definition) is 6. The summed E-state index contributed by atoms with van der Waals surface area (Å²) in [7, 11) is 0. The zero-order chi connectivity index (χ0) is 19.0. The number of hydrogen-bond donors (Lipinski definition) is 6. The predicted molar refractivity (Wildman–Crippen MR) is 66.9 cm³/mol. The molecule has 130 valence electrons. The second-order valence-corrected chi connectivity index (χ2v) is 4.84. The molecule has 0 aromatic heterocycles. The fraction of sp³-hybridized carbons (Fsp3) is 0.333. The van der Waals surface area contributed by atoms with Crippen molar-refractivity contribution in [1.82, 2.24) is 0 Å². The van der Waals surface area contributed by atoms with Crippen LogP contribution < -0.4 is 0 Å². The molecular weight excluding hydrogens is 336 g/mol. The van der Waals surface area contributed by atoms with Crippen LogP contribution in [0.3, 0.4) is 0 Å². The average molecular weight is 346 g/mol. The lowest BCUT2D eigenvalue weighted by molar-refractivity contribution is -0.194. The van der Waals surface area contributed by atoms with Gasteiger partial charge in [0.1, 0.15) is 0 Å². The van der Waals surface area contributed by atoms with Crippen LogP contribution in [0.25, 0.3) is 0 Å². The number of rotatable bonds is 6. The van der Waals surface area contributed by atoms with Gasteiger partial charge in [-0.05, 0) is 12.8 Å². The van der Waals surface area contributed by atoms with E-state index in [2.05, 4.69) is 0 Å². The lowest BCUT2D eigenvalue weighted by Gasteiger charge is -2.42. The first-order valence-corrected chi connectivity index (χ1v) is 6.02. The topological polar surface area (TPSA) is 224 Å². The van der Waals surface area contributed by atoms with Gasteiger partial charge in [0, 0.05) is 5.57 Å². The highest BCUT2D eigenvalue weighted by atomic mass is 16.4. The van der Waals surface area contributed by atoms with Crippen LogP contribution in [0.1, 0.15) is 12.8 Å². The number of carboxylic acid groups (broad SMARTS) is 6. The van der Waals surface area contributed by atoms with E-state index in [1.807, 2.05) is 0 Å². The molecule has 1 aliphatic carbocycles. The van der Waals surface area contributed by atoms with Gasteiger partial charge in [-0.1, -0.05) is 0 Å². The summed E-state index contributed by atoms with van der Waals surface area (Å²) in [5.74, 6) is -14.4. The molecule has 0 aliphatic heterocycles. The highest BCUT2D eigenvalue weighted by Gasteiger charge is 2.76. The van der Waals surface area contributed by atoms with Crippen LogP contribution in [0.5, 0.6) is 0 Å². The summed E-state index contributed by atoms with van der Waals surface area (Å²) in [6.07, 6.45) is -2.20. The molecule has 24 heavy (non-hydrogen) atoms. The molecule has 0 heterocycles. The minimum absolute atomic E-state index is 0.960. The molecule has 0 saturated carbocycles. The first-order chi connectivity index (χ1) is 10.9. The van der Waals surface area contributed by atoms with Gasteiger partial charge in [0.25, 0.3) is 0 Å². The Morgan fingerprint density at radius 2 is 1.08 bits per heavy atom. The van der Waals surface area contributed by atoms with Gasteiger partial charge in [-0.15, -0.1) is 0 Å². The summed E-state index contributed by atoms with van der Waals surface area (Å²) in [6, 6.07) is 0. The molecule has 12 heteroatoms. The molecular formula is C12H10O12. The van der Waals surface area contributed by atoms with Crippen LogP contribution in [0, 0.1) is 10.8 Å². The lowest BCUT2D eigenvalue weighted by Crippen LogP contribution is -2.64. The molecule has 12 nitrogen and oxygen atoms in total. The Kier molecular flexibility index (Phi) is 4.37. The molecule has 0 aromatic rings. The van der Waals surface area contributed by atoms with E-state index < -0.39 is 70.6 Å². The monoisotopic (exact) mass is 346 g/mol. The molecule has 0 fully saturated rings. The van der Waals surface area contributed by atoms with Crippen molar-refractivity contribution >= 4 is 35.8 Å². The lowest BCUT2D eigenvalue weighted by atomic mass is 9.53. The summed E-state index contributed by atoms with van der Waals surface area (Å²) in [5.41, 5.74) is -10.7. The minimum Gasteiger partial charge on any atom is -0.480 e. The van der Waals surface area contributed by atoms with E-state index in [0.717, 1.165) is 0 Å². The Bertz CT molecular complexity index is 684. The zero-order valence-corrected chi connectivity index (χ0v) is 11.5. The van der Waals surface area contributed by atoms with Gasteiger partial charge in [-0.3, -0.25) is 19.2 Å². The molecule has 0 unspecified atom stereocenters. The molecule has 0 saturated heterocycles. The molecule has 0 atom stereocenters. The van der Waals surface area contributed by atoms with E-state index >= 15 is 0 Å². The first kappa shape index (κ1) is 18.6. The summed E-state index contributed by atoms with van der Waals surface area (Å²) in [4.78, 5) is 68.8. The molecule has 1 aliphatic rings. The van der Waals surface area contributed by atoms with Crippen LogP contribution in [0.2, 0.25) is 0 Å². The van der Waals surface area contributed by atoms with Crippen molar-refractivity contribution in [2.75, 3.05) is 0 Å². The van der Waals surface area contributed by atoms with E-state index in [-0.39, 0.29) is 0 Å². The van der Waals surface area contributed by atoms with Crippen molar-refractivity contribution in [3.8, 4) is 0 Å². The van der Waals surface area contributed by atoms with Gasteiger partial charge in [0.15, 0.2) is 5.41 Å². The molecule has 1 rings (SSSR count). The van der Waals surface area contributed by atoms with Crippen molar-refractivity contribution < 1.29 is 59.4 Å². The number of carboxylic acids is 6. The Labute approximate surface area is 131 Å². The largest absolute Gasteiger partial charge is 0.480 e. The predicted octanol–water partition coefficient (Wildman–Crippen LogP) is -1.44. The van der Waals surface area contributed by atoms with Gasteiger partial charge in [-0.2, -0.15) is 0 Å². The van der Waals surface area contributed by atoms with Crippen LogP contribution in [-0.4, -0.2) is 66.5 Å². The molecule has 0 amide bonds. The highest BCUT2D eigenvalue weighted by molar-refractivity contribution is 6.21. The molecule has 0 radical (unpaired) electrons. The van der Waals surface area contributed by atoms with Crippen molar-refractivity contribution in [2.24, 2.45) is 10.8 Å². The van der Waals surface area contributed by atoms with Crippen LogP contribution in [0.4, 0.5) is 0 Å². The van der Waals surface area contributed by atoms with E-state index in [4.69, 9.17) is 10.2 Å². The molecule has 0 bridgehead atoms. The Hall–Kier alpha value is -3.44. The standard InChI is InChI=1S/C12H10O12/c13-5(14)3-1-2-11(7(17)18,8(19)20)12(9(21)22,10(23)24)4(3)6(15)16/h1-2H2,(H,13,14)(H,15,16)(H,17,18)(H,19,20)(H,21,22)(H,23,24). The van der Waals surface area contributed by atoms with Gasteiger partial charge in [0.2, 0.25) is 5.41 Å². The maximum absolute atomic E-state index is 11.6. The second kappa shape index (κ2) is 5.64. The average Bonchev–Trinajstić information content (AvgIpc) is 2.43. The fourth-order valence-electron chi connectivity index (χ4n) is 2.86. The summed E-state index contributed by atoms with van der Waals surface area (Å²) in [6.45, 7) is 0. The summed E-state index contributed by atoms with van der Waals surface area (Å²) < 4.78 is 0. The van der Waals surface area contributed by atoms with Crippen molar-refractivity contribution in [1.29, 1.82) is 0 Å². The van der Waals surface area contributed by atoms with E-state index in [0.29, 0.717) is 0 Å². The number of carbonyl (C=O) groups is 6. The molecule has 0 aromatic carbocycles. The third kappa shape index (κ3) is 2.00. The van der Waals surface area contributed by atoms with E-state index in [1.54, 1.807) is 0 Å². The normalized spacial score (nSPS) is 18.5. The van der Waals surface area contributed by atoms with Crippen LogP contribution in [0.15, 0.2) is 11.1 Å². The van der Waals surface area contributed by atoms with Gasteiger partial charge >= 0.3 is 35.8 Å². The Morgan fingerprint density at radius 3 is 1.33 bits per heavy atom. The zero-order valence-electron chi connectivity index (χ0n) is 11.5. The van der Waals surface area contributed by atoms with E-state index in [1.165, 1.54) is 0 Å². The SMILES string of the molecule is O=C(O)C1=C(C(=O)O)C(C(=O)O)(C(=O)O)C(C(=O)O)(C(=O)O)CC1. The van der Waals surface area contributed by atoms with Gasteiger partial charge in [0.05, 0.1) is 5.57 Å². The van der Waals surface area contributed by atoms with Gasteiger partial charge in [-0.25, -0.2) is 9.59 Å². The Morgan fingerprint density at radius 1 is 0.667 bits per heavy atom. The van der Waals surface area contributed by atoms with Crippen molar-refractivity contribution in [3.63, 3.8) is 0 Å². The minimum atomic E-state index is -4.04. The quantitative estimate of drug-likeness (QED) is 0.304. The number of aliphatic carboxylic acids is 6. The molecule has 0 spiro atoms. The van der Waals surface area contributed by atoms with Gasteiger partial charge < -0.3 is 30.6 Å². The third-order valence-electron chi connectivity index (χ3n) is 3.91. The summed E-state index contributed by atoms with van der Waals surface area (Å²) in [5, 5.41) is 55.3. The van der Waals surface area contributed by atoms with E-state index in [9.17, 15) is 49.2 Å². The smallest absolute Gasteiger partial charge is 0.333 e. The molecule has 6 N–H and O–H groups in total. The van der Waals surface area contributed by atoms with Crippen LogP contribution >= 0.6 is 0 Å². The van der Waals surface area contributed by atoms with Crippen LogP contribution in [-0.2, 0) is 28.8 Å². The maximum atomic E-state index is 11.6. The van der Waals surface area contributed by atoms with Crippen molar-refractivity contribution in [2.45, 2.75) is 12.8 Å². The maximum Gasteiger partial charge on any atom is 0.333 e. The first-order valence-electron chi connectivity index (χ1n) is 6.02.